The smallest absolute Gasteiger partial charge is 0.0367 e. The van der Waals surface area contributed by atoms with E-state index in [2.05, 4.69) is 67.5 Å². The van der Waals surface area contributed by atoms with Crippen molar-refractivity contribution in [3.63, 3.8) is 0 Å². The van der Waals surface area contributed by atoms with E-state index in [1.165, 1.54) is 16.8 Å². The zero-order valence-corrected chi connectivity index (χ0v) is 10.4. The van der Waals surface area contributed by atoms with E-state index in [9.17, 15) is 0 Å². The number of nitrogens with two attached hydrogens (primary N) is 1. The topological polar surface area (TPSA) is 29.3 Å². The van der Waals surface area contributed by atoms with E-state index in [-0.39, 0.29) is 0 Å². The molecule has 0 radical (unpaired) electrons. The van der Waals surface area contributed by atoms with Crippen LogP contribution in [0.2, 0.25) is 0 Å². The Morgan fingerprint density at radius 1 is 0.941 bits per heavy atom. The van der Waals surface area contributed by atoms with Gasteiger partial charge in [0.25, 0.3) is 0 Å². The first kappa shape index (κ1) is 11.7. The maximum atomic E-state index is 5.67. The number of benzene rings is 2. The summed E-state index contributed by atoms with van der Waals surface area (Å²) in [7, 11) is 4.10. The summed E-state index contributed by atoms with van der Waals surface area (Å²) >= 11 is 0. The number of nitrogens with zero attached hydrogens (tertiary/aromatic N) is 1. The highest BCUT2D eigenvalue weighted by atomic mass is 15.1. The minimum Gasteiger partial charge on any atom is -0.378 e. The van der Waals surface area contributed by atoms with E-state index in [1.807, 2.05) is 0 Å². The summed E-state index contributed by atoms with van der Waals surface area (Å²) in [5.41, 5.74) is 10.5. The molecule has 0 aliphatic carbocycles. The highest BCUT2D eigenvalue weighted by Gasteiger charge is 2.01. The number of anilines is 1. The van der Waals surface area contributed by atoms with Gasteiger partial charge in [0.1, 0.15) is 0 Å². The van der Waals surface area contributed by atoms with E-state index < -0.39 is 0 Å². The standard InChI is InChI=1S/C15H18N2/c1-17(2)15-8-4-7-14(10-15)13-6-3-5-12(9-13)11-16/h3-10H,11,16H2,1-2H3. The Morgan fingerprint density at radius 2 is 1.59 bits per heavy atom. The molecule has 2 aromatic rings. The maximum absolute atomic E-state index is 5.67. The van der Waals surface area contributed by atoms with Crippen molar-refractivity contribution >= 4 is 5.69 Å². The van der Waals surface area contributed by atoms with Gasteiger partial charge in [0.15, 0.2) is 0 Å². The lowest BCUT2D eigenvalue weighted by atomic mass is 10.0. The summed E-state index contributed by atoms with van der Waals surface area (Å²) in [5.74, 6) is 0. The van der Waals surface area contributed by atoms with Crippen molar-refractivity contribution in [2.45, 2.75) is 6.54 Å². The molecule has 0 saturated heterocycles. The fourth-order valence-electron chi connectivity index (χ4n) is 1.84. The quantitative estimate of drug-likeness (QED) is 0.872. The summed E-state index contributed by atoms with van der Waals surface area (Å²) in [4.78, 5) is 2.11. The molecular formula is C15H18N2. The Hall–Kier alpha value is -1.80. The Bertz CT molecular complexity index is 504. The van der Waals surface area contributed by atoms with Crippen molar-refractivity contribution in [2.75, 3.05) is 19.0 Å². The van der Waals surface area contributed by atoms with Crippen molar-refractivity contribution < 1.29 is 0 Å². The van der Waals surface area contributed by atoms with Crippen LogP contribution >= 0.6 is 0 Å². The molecule has 2 nitrogen and oxygen atoms in total. The predicted molar refractivity (Wildman–Crippen MR) is 74.1 cm³/mol. The van der Waals surface area contributed by atoms with Crippen molar-refractivity contribution in [1.82, 2.24) is 0 Å². The number of hydrogen-bond donors (Lipinski definition) is 1. The lowest BCUT2D eigenvalue weighted by Gasteiger charge is -2.14. The van der Waals surface area contributed by atoms with Gasteiger partial charge in [-0.15, -0.1) is 0 Å². The minimum atomic E-state index is 0.585. The monoisotopic (exact) mass is 226 g/mol. The highest BCUT2D eigenvalue weighted by molar-refractivity contribution is 5.68. The van der Waals surface area contributed by atoms with E-state index in [1.54, 1.807) is 0 Å². The molecule has 0 fully saturated rings. The van der Waals surface area contributed by atoms with Gasteiger partial charge in [-0.2, -0.15) is 0 Å². The van der Waals surface area contributed by atoms with Crippen molar-refractivity contribution in [1.29, 1.82) is 0 Å². The number of rotatable bonds is 3. The van der Waals surface area contributed by atoms with Crippen LogP contribution in [0.1, 0.15) is 5.56 Å². The van der Waals surface area contributed by atoms with E-state index in [0.29, 0.717) is 6.54 Å². The van der Waals surface area contributed by atoms with Gasteiger partial charge in [0, 0.05) is 26.3 Å². The van der Waals surface area contributed by atoms with Gasteiger partial charge < -0.3 is 10.6 Å². The van der Waals surface area contributed by atoms with Gasteiger partial charge >= 0.3 is 0 Å². The van der Waals surface area contributed by atoms with Crippen LogP contribution in [0, 0.1) is 0 Å². The van der Waals surface area contributed by atoms with E-state index in [4.69, 9.17) is 5.73 Å². The molecule has 0 heterocycles. The molecule has 17 heavy (non-hydrogen) atoms. The molecule has 2 aromatic carbocycles. The molecule has 0 amide bonds. The number of hydrogen-bond acceptors (Lipinski definition) is 2. The lowest BCUT2D eigenvalue weighted by Crippen LogP contribution is -2.08. The SMILES string of the molecule is CN(C)c1cccc(-c2cccc(CN)c2)c1. The van der Waals surface area contributed by atoms with Crippen molar-refractivity contribution in [2.24, 2.45) is 5.73 Å². The van der Waals surface area contributed by atoms with Crippen LogP contribution in [-0.4, -0.2) is 14.1 Å². The molecule has 2 heteroatoms. The Balaban J connectivity index is 2.41. The van der Waals surface area contributed by atoms with Gasteiger partial charge in [0.05, 0.1) is 0 Å². The molecule has 0 saturated carbocycles. The van der Waals surface area contributed by atoms with Gasteiger partial charge in [0.2, 0.25) is 0 Å². The zero-order chi connectivity index (χ0) is 12.3. The third-order valence-electron chi connectivity index (χ3n) is 2.86. The summed E-state index contributed by atoms with van der Waals surface area (Å²) in [5, 5.41) is 0. The summed E-state index contributed by atoms with van der Waals surface area (Å²) < 4.78 is 0. The van der Waals surface area contributed by atoms with Crippen LogP contribution in [0.3, 0.4) is 0 Å². The van der Waals surface area contributed by atoms with E-state index in [0.717, 1.165) is 5.56 Å². The Morgan fingerprint density at radius 3 is 2.24 bits per heavy atom. The predicted octanol–water partition coefficient (Wildman–Crippen LogP) is 2.88. The second-order valence-corrected chi connectivity index (χ2v) is 4.35. The van der Waals surface area contributed by atoms with Gasteiger partial charge in [-0.25, -0.2) is 0 Å². The van der Waals surface area contributed by atoms with Crippen LogP contribution < -0.4 is 10.6 Å². The molecule has 0 aliphatic rings. The normalized spacial score (nSPS) is 10.3. The second kappa shape index (κ2) is 5.02. The van der Waals surface area contributed by atoms with Crippen LogP contribution in [0.15, 0.2) is 48.5 Å². The van der Waals surface area contributed by atoms with Crippen LogP contribution in [-0.2, 0) is 6.54 Å². The van der Waals surface area contributed by atoms with Gasteiger partial charge in [-0.1, -0.05) is 30.3 Å². The average molecular weight is 226 g/mol. The first-order chi connectivity index (χ1) is 8.20. The third kappa shape index (κ3) is 2.66. The molecule has 0 aliphatic heterocycles. The van der Waals surface area contributed by atoms with Crippen molar-refractivity contribution in [3.8, 4) is 11.1 Å². The first-order valence-corrected chi connectivity index (χ1v) is 5.77. The average Bonchev–Trinajstić information content (AvgIpc) is 2.39. The first-order valence-electron chi connectivity index (χ1n) is 5.77. The summed E-state index contributed by atoms with van der Waals surface area (Å²) in [6.07, 6.45) is 0. The minimum absolute atomic E-state index is 0.585. The lowest BCUT2D eigenvalue weighted by molar-refractivity contribution is 1.07. The highest BCUT2D eigenvalue weighted by Crippen LogP contribution is 2.24. The molecule has 0 atom stereocenters. The molecule has 0 unspecified atom stereocenters. The molecule has 2 N–H and O–H groups in total. The van der Waals surface area contributed by atoms with Crippen LogP contribution in [0.25, 0.3) is 11.1 Å². The Kier molecular flexibility index (Phi) is 3.45. The summed E-state index contributed by atoms with van der Waals surface area (Å²) in [6, 6.07) is 16.9. The van der Waals surface area contributed by atoms with Gasteiger partial charge in [-0.3, -0.25) is 0 Å². The molecule has 0 aromatic heterocycles. The maximum Gasteiger partial charge on any atom is 0.0367 e. The van der Waals surface area contributed by atoms with Crippen molar-refractivity contribution in [3.05, 3.63) is 54.1 Å². The fourth-order valence-corrected chi connectivity index (χ4v) is 1.84. The second-order valence-electron chi connectivity index (χ2n) is 4.35. The zero-order valence-electron chi connectivity index (χ0n) is 10.4. The van der Waals surface area contributed by atoms with Crippen LogP contribution in [0.4, 0.5) is 5.69 Å². The molecule has 88 valence electrons. The Labute approximate surface area is 103 Å². The molecule has 2 rings (SSSR count). The molecule has 0 spiro atoms. The largest absolute Gasteiger partial charge is 0.378 e. The van der Waals surface area contributed by atoms with Crippen LogP contribution in [0.5, 0.6) is 0 Å². The molecular weight excluding hydrogens is 208 g/mol. The fraction of sp³-hybridized carbons (Fsp3) is 0.200. The van der Waals surface area contributed by atoms with Gasteiger partial charge in [-0.05, 0) is 34.9 Å². The third-order valence-corrected chi connectivity index (χ3v) is 2.86. The van der Waals surface area contributed by atoms with E-state index >= 15 is 0 Å². The summed E-state index contributed by atoms with van der Waals surface area (Å²) in [6.45, 7) is 0.585. The molecule has 0 bridgehead atoms.